The van der Waals surface area contributed by atoms with E-state index in [-0.39, 0.29) is 37.0 Å². The second kappa shape index (κ2) is 10.5. The molecule has 1 aromatic heterocycles. The van der Waals surface area contributed by atoms with Crippen LogP contribution in [0.2, 0.25) is 0 Å². The van der Waals surface area contributed by atoms with E-state index in [0.717, 1.165) is 0 Å². The van der Waals surface area contributed by atoms with E-state index < -0.39 is 17.2 Å². The summed E-state index contributed by atoms with van der Waals surface area (Å²) in [5.41, 5.74) is -1.40. The molecular formula is C21H31N3O7. The van der Waals surface area contributed by atoms with Crippen LogP contribution in [0.15, 0.2) is 29.2 Å². The van der Waals surface area contributed by atoms with Gasteiger partial charge < -0.3 is 29.7 Å². The van der Waals surface area contributed by atoms with E-state index in [9.17, 15) is 19.5 Å². The lowest BCUT2D eigenvalue weighted by Gasteiger charge is -2.52. The molecule has 2 aliphatic rings. The smallest absolute Gasteiger partial charge is 0.290 e. The fourth-order valence-corrected chi connectivity index (χ4v) is 4.13. The highest BCUT2D eigenvalue weighted by molar-refractivity contribution is 5.77. The summed E-state index contributed by atoms with van der Waals surface area (Å²) in [6, 6.07) is 4.81. The van der Waals surface area contributed by atoms with Gasteiger partial charge in [0.05, 0.1) is 17.7 Å². The minimum Gasteiger partial charge on any atom is -0.483 e. The minimum atomic E-state index is -0.766. The maximum absolute atomic E-state index is 12.6. The number of pyridine rings is 1. The Morgan fingerprint density at radius 2 is 1.97 bits per heavy atom. The van der Waals surface area contributed by atoms with Gasteiger partial charge in [-0.25, -0.2) is 0 Å². The molecule has 0 radical (unpaired) electrons. The van der Waals surface area contributed by atoms with E-state index in [0.29, 0.717) is 38.8 Å². The fraction of sp³-hybridized carbons (Fsp3) is 0.619. The number of hydrogen-bond donors (Lipinski definition) is 3. The second-order valence-corrected chi connectivity index (χ2v) is 8.16. The van der Waals surface area contributed by atoms with Gasteiger partial charge in [-0.1, -0.05) is 13.0 Å². The van der Waals surface area contributed by atoms with Crippen molar-refractivity contribution in [1.82, 2.24) is 14.8 Å². The highest BCUT2D eigenvalue weighted by Gasteiger charge is 2.50. The number of nitrogens with zero attached hydrogens (tertiary/aromatic N) is 2. The number of hydrogen-bond acceptors (Lipinski definition) is 6. The lowest BCUT2D eigenvalue weighted by Crippen LogP contribution is -2.65. The van der Waals surface area contributed by atoms with E-state index in [1.807, 2.05) is 6.92 Å². The van der Waals surface area contributed by atoms with Gasteiger partial charge in [0.2, 0.25) is 11.8 Å². The molecule has 2 aliphatic heterocycles. The zero-order valence-electron chi connectivity index (χ0n) is 18.0. The number of piperidine rings is 1. The Kier molecular flexibility index (Phi) is 8.35. The van der Waals surface area contributed by atoms with Gasteiger partial charge in [0, 0.05) is 38.2 Å². The Morgan fingerprint density at radius 1 is 1.32 bits per heavy atom. The van der Waals surface area contributed by atoms with Crippen LogP contribution in [0.1, 0.15) is 39.5 Å². The summed E-state index contributed by atoms with van der Waals surface area (Å²) in [7, 11) is 0. The van der Waals surface area contributed by atoms with Crippen molar-refractivity contribution in [3.05, 3.63) is 34.7 Å². The van der Waals surface area contributed by atoms with Crippen molar-refractivity contribution in [1.29, 1.82) is 0 Å². The summed E-state index contributed by atoms with van der Waals surface area (Å²) in [4.78, 5) is 46.4. The van der Waals surface area contributed by atoms with Crippen molar-refractivity contribution < 1.29 is 29.3 Å². The maximum atomic E-state index is 12.6. The number of nitrogens with one attached hydrogen (secondary N) is 1. The molecule has 2 amide bonds. The summed E-state index contributed by atoms with van der Waals surface area (Å²) in [5, 5.41) is 20.2. The summed E-state index contributed by atoms with van der Waals surface area (Å²) in [5.74, 6) is -0.194. The number of amides is 2. The van der Waals surface area contributed by atoms with E-state index in [4.69, 9.17) is 14.6 Å². The number of rotatable bonds is 4. The lowest BCUT2D eigenvalue weighted by molar-refractivity contribution is -0.183. The maximum Gasteiger partial charge on any atom is 0.290 e. The van der Waals surface area contributed by atoms with Crippen molar-refractivity contribution >= 4 is 18.3 Å². The van der Waals surface area contributed by atoms with Crippen molar-refractivity contribution in [2.24, 2.45) is 0 Å². The molecule has 10 heteroatoms. The molecule has 0 aromatic carbocycles. The average Bonchev–Trinajstić information content (AvgIpc) is 2.74. The third-order valence-electron chi connectivity index (χ3n) is 5.95. The Balaban J connectivity index is 0.00000107. The largest absolute Gasteiger partial charge is 0.483 e. The molecule has 172 valence electrons. The molecule has 0 aliphatic carbocycles. The van der Waals surface area contributed by atoms with Gasteiger partial charge in [0.1, 0.15) is 12.6 Å². The van der Waals surface area contributed by atoms with Crippen molar-refractivity contribution in [3.63, 3.8) is 0 Å². The van der Waals surface area contributed by atoms with Crippen LogP contribution in [0.3, 0.4) is 0 Å². The van der Waals surface area contributed by atoms with Gasteiger partial charge in [-0.2, -0.15) is 0 Å². The van der Waals surface area contributed by atoms with Crippen molar-refractivity contribution in [2.45, 2.75) is 63.3 Å². The molecule has 1 spiro atoms. The highest BCUT2D eigenvalue weighted by Crippen LogP contribution is 2.39. The van der Waals surface area contributed by atoms with E-state index in [1.165, 1.54) is 10.6 Å². The molecule has 0 saturated carbocycles. The van der Waals surface area contributed by atoms with Crippen molar-refractivity contribution in [3.8, 4) is 0 Å². The number of carbonyl (C=O) groups is 3. The number of ether oxygens (including phenoxy) is 1. The molecule has 3 N–H and O–H groups in total. The molecule has 2 fully saturated rings. The molecular weight excluding hydrogens is 406 g/mol. The molecule has 3 rings (SSSR count). The molecule has 3 heterocycles. The van der Waals surface area contributed by atoms with Crippen LogP contribution in [0, 0.1) is 0 Å². The number of aromatic nitrogens is 1. The van der Waals surface area contributed by atoms with Gasteiger partial charge in [-0.05, 0) is 25.8 Å². The zero-order chi connectivity index (χ0) is 23.1. The SMILES string of the molecule is CCC(=O)N[C@]1(C)CC2(CCN(C(=O)Cn3ccccc3=O)CC2)OC[C@H]1O.O=CO. The predicted molar refractivity (Wildman–Crippen MR) is 111 cm³/mol. The molecule has 31 heavy (non-hydrogen) atoms. The van der Waals surface area contributed by atoms with Crippen LogP contribution in [0.25, 0.3) is 0 Å². The third kappa shape index (κ3) is 6.14. The van der Waals surface area contributed by atoms with Crippen LogP contribution >= 0.6 is 0 Å². The van der Waals surface area contributed by atoms with Crippen molar-refractivity contribution in [2.75, 3.05) is 19.7 Å². The van der Waals surface area contributed by atoms with Crippen LogP contribution in [0.5, 0.6) is 0 Å². The lowest BCUT2D eigenvalue weighted by atomic mass is 9.74. The second-order valence-electron chi connectivity index (χ2n) is 8.16. The van der Waals surface area contributed by atoms with Crippen LogP contribution < -0.4 is 10.9 Å². The van der Waals surface area contributed by atoms with E-state index in [2.05, 4.69) is 5.32 Å². The highest BCUT2D eigenvalue weighted by atomic mass is 16.5. The van der Waals surface area contributed by atoms with Gasteiger partial charge in [0.15, 0.2) is 0 Å². The topological polar surface area (TPSA) is 138 Å². The van der Waals surface area contributed by atoms with E-state index >= 15 is 0 Å². The summed E-state index contributed by atoms with van der Waals surface area (Å²) < 4.78 is 7.40. The van der Waals surface area contributed by atoms with Gasteiger partial charge >= 0.3 is 0 Å². The monoisotopic (exact) mass is 437 g/mol. The van der Waals surface area contributed by atoms with E-state index in [1.54, 1.807) is 30.2 Å². The number of aliphatic hydroxyl groups excluding tert-OH is 1. The van der Waals surface area contributed by atoms with Gasteiger partial charge in [-0.3, -0.25) is 19.2 Å². The van der Waals surface area contributed by atoms with Gasteiger partial charge in [-0.15, -0.1) is 0 Å². The molecule has 2 saturated heterocycles. The summed E-state index contributed by atoms with van der Waals surface area (Å²) >= 11 is 0. The summed E-state index contributed by atoms with van der Waals surface area (Å²) in [6.07, 6.45) is 2.97. The predicted octanol–water partition coefficient (Wildman–Crippen LogP) is -0.0236. The third-order valence-corrected chi connectivity index (χ3v) is 5.95. The Hall–Kier alpha value is -2.72. The molecule has 1 aromatic rings. The average molecular weight is 437 g/mol. The van der Waals surface area contributed by atoms with Crippen LogP contribution in [-0.4, -0.2) is 74.9 Å². The molecule has 0 bridgehead atoms. The van der Waals surface area contributed by atoms with Crippen LogP contribution in [-0.2, 0) is 25.7 Å². The quantitative estimate of drug-likeness (QED) is 0.563. The normalized spacial score (nSPS) is 24.6. The first-order chi connectivity index (χ1) is 14.7. The molecule has 0 unspecified atom stereocenters. The Labute approximate surface area is 180 Å². The number of carbonyl (C=O) groups excluding carboxylic acids is 2. The minimum absolute atomic E-state index is 0.0243. The Bertz CT molecular complexity index is 832. The van der Waals surface area contributed by atoms with Gasteiger partial charge in [0.25, 0.3) is 12.0 Å². The molecule has 10 nitrogen and oxygen atoms in total. The number of carboxylic acid groups (broad SMARTS) is 1. The summed E-state index contributed by atoms with van der Waals surface area (Å²) in [6.45, 7) is 4.62. The first-order valence-corrected chi connectivity index (χ1v) is 10.3. The first kappa shape index (κ1) is 24.5. The van der Waals surface area contributed by atoms with Crippen LogP contribution in [0.4, 0.5) is 0 Å². The number of likely N-dealkylation sites (tertiary alicyclic amines) is 1. The zero-order valence-corrected chi connectivity index (χ0v) is 18.0. The standard InChI is InChI=1S/C20H29N3O5.CH2O2/c1-3-16(25)21-19(2)14-20(28-13-15(19)24)7-10-22(11-8-20)18(27)12-23-9-5-4-6-17(23)26;2-1-3/h4-6,9,15,24H,3,7-8,10-14H2,1-2H3,(H,21,25);1H,(H,2,3)/t15-,19-;/m1./s1. The molecule has 2 atom stereocenters. The fourth-order valence-electron chi connectivity index (χ4n) is 4.13. The Morgan fingerprint density at radius 3 is 2.55 bits per heavy atom. The number of aliphatic hydroxyl groups is 1. The first-order valence-electron chi connectivity index (χ1n) is 10.3.